The van der Waals surface area contributed by atoms with E-state index in [0.29, 0.717) is 11.3 Å². The van der Waals surface area contributed by atoms with Crippen molar-refractivity contribution >= 4 is 40.1 Å². The number of hydrogen-bond acceptors (Lipinski definition) is 4. The SMILES string of the molecule is CC1CCN(c2ncc(NC(=O)c3ccc(I)cc3)cn2)CC1. The van der Waals surface area contributed by atoms with Crippen molar-refractivity contribution in [1.29, 1.82) is 0 Å². The molecule has 6 heteroatoms. The van der Waals surface area contributed by atoms with Gasteiger partial charge in [0, 0.05) is 22.2 Å². The molecule has 1 N–H and O–H groups in total. The number of anilines is 2. The Hall–Kier alpha value is -1.70. The molecule has 23 heavy (non-hydrogen) atoms. The lowest BCUT2D eigenvalue weighted by atomic mass is 10.00. The van der Waals surface area contributed by atoms with Crippen LogP contribution in [0.15, 0.2) is 36.7 Å². The number of piperidine rings is 1. The maximum Gasteiger partial charge on any atom is 0.255 e. The molecule has 1 fully saturated rings. The number of carbonyl (C=O) groups excluding carboxylic acids is 1. The molecule has 1 aliphatic heterocycles. The number of carbonyl (C=O) groups is 1. The molecule has 3 rings (SSSR count). The molecule has 1 aromatic heterocycles. The first-order chi connectivity index (χ1) is 11.1. The van der Waals surface area contributed by atoms with Gasteiger partial charge in [-0.15, -0.1) is 0 Å². The number of aromatic nitrogens is 2. The summed E-state index contributed by atoms with van der Waals surface area (Å²) in [4.78, 5) is 23.1. The van der Waals surface area contributed by atoms with Gasteiger partial charge in [0.15, 0.2) is 0 Å². The number of nitrogens with zero attached hydrogens (tertiary/aromatic N) is 3. The lowest BCUT2D eigenvalue weighted by Gasteiger charge is -2.30. The summed E-state index contributed by atoms with van der Waals surface area (Å²) in [6.07, 6.45) is 5.69. The fraction of sp³-hybridized carbons (Fsp3) is 0.353. The first kappa shape index (κ1) is 16.2. The van der Waals surface area contributed by atoms with E-state index in [4.69, 9.17) is 0 Å². The zero-order valence-corrected chi connectivity index (χ0v) is 15.2. The fourth-order valence-electron chi connectivity index (χ4n) is 2.56. The Morgan fingerprint density at radius 3 is 2.39 bits per heavy atom. The van der Waals surface area contributed by atoms with Crippen LogP contribution >= 0.6 is 22.6 Å². The Balaban J connectivity index is 1.63. The van der Waals surface area contributed by atoms with Crippen molar-refractivity contribution < 1.29 is 4.79 Å². The summed E-state index contributed by atoms with van der Waals surface area (Å²) >= 11 is 2.21. The van der Waals surface area contributed by atoms with Gasteiger partial charge in [-0.25, -0.2) is 9.97 Å². The van der Waals surface area contributed by atoms with Crippen LogP contribution < -0.4 is 10.2 Å². The predicted molar refractivity (Wildman–Crippen MR) is 99.8 cm³/mol. The number of nitrogens with one attached hydrogen (secondary N) is 1. The summed E-state index contributed by atoms with van der Waals surface area (Å²) in [7, 11) is 0. The highest BCUT2D eigenvalue weighted by atomic mass is 127. The van der Waals surface area contributed by atoms with Gasteiger partial charge in [0.2, 0.25) is 5.95 Å². The van der Waals surface area contributed by atoms with Crippen LogP contribution in [0.1, 0.15) is 30.1 Å². The number of benzene rings is 1. The normalized spacial score (nSPS) is 15.5. The van der Waals surface area contributed by atoms with Gasteiger partial charge < -0.3 is 10.2 Å². The topological polar surface area (TPSA) is 58.1 Å². The third-order valence-corrected chi connectivity index (χ3v) is 4.79. The molecule has 2 heterocycles. The second-order valence-electron chi connectivity index (χ2n) is 5.90. The molecule has 0 saturated carbocycles. The minimum Gasteiger partial charge on any atom is -0.341 e. The van der Waals surface area contributed by atoms with Crippen LogP contribution in [0, 0.1) is 9.49 Å². The minimum atomic E-state index is -0.149. The van der Waals surface area contributed by atoms with Gasteiger partial charge in [0.25, 0.3) is 5.91 Å². The lowest BCUT2D eigenvalue weighted by molar-refractivity contribution is 0.102. The molecule has 5 nitrogen and oxygen atoms in total. The molecule has 0 aliphatic carbocycles. The van der Waals surface area contributed by atoms with Crippen LogP contribution in [-0.2, 0) is 0 Å². The zero-order chi connectivity index (χ0) is 16.2. The molecule has 1 amide bonds. The second kappa shape index (κ2) is 7.25. The Morgan fingerprint density at radius 1 is 1.17 bits per heavy atom. The van der Waals surface area contributed by atoms with E-state index in [-0.39, 0.29) is 5.91 Å². The van der Waals surface area contributed by atoms with Crippen molar-refractivity contribution in [3.63, 3.8) is 0 Å². The largest absolute Gasteiger partial charge is 0.341 e. The van der Waals surface area contributed by atoms with Gasteiger partial charge >= 0.3 is 0 Å². The van der Waals surface area contributed by atoms with Gasteiger partial charge in [-0.1, -0.05) is 6.92 Å². The second-order valence-corrected chi connectivity index (χ2v) is 7.15. The molecule has 0 unspecified atom stereocenters. The molecule has 1 saturated heterocycles. The summed E-state index contributed by atoms with van der Waals surface area (Å²) in [5, 5.41) is 2.83. The zero-order valence-electron chi connectivity index (χ0n) is 13.0. The van der Waals surface area contributed by atoms with E-state index in [1.807, 2.05) is 12.1 Å². The Kier molecular flexibility index (Phi) is 5.09. The first-order valence-corrected chi connectivity index (χ1v) is 8.83. The quantitative estimate of drug-likeness (QED) is 0.769. The van der Waals surface area contributed by atoms with E-state index < -0.39 is 0 Å². The number of rotatable bonds is 3. The molecule has 0 radical (unpaired) electrons. The first-order valence-electron chi connectivity index (χ1n) is 7.76. The molecule has 1 aliphatic rings. The summed E-state index contributed by atoms with van der Waals surface area (Å²) in [5.41, 5.74) is 1.24. The van der Waals surface area contributed by atoms with Gasteiger partial charge in [-0.3, -0.25) is 4.79 Å². The molecule has 2 aromatic rings. The lowest BCUT2D eigenvalue weighted by Crippen LogP contribution is -2.34. The minimum absolute atomic E-state index is 0.149. The Morgan fingerprint density at radius 2 is 1.78 bits per heavy atom. The van der Waals surface area contributed by atoms with Crippen molar-refractivity contribution in [3.05, 3.63) is 45.8 Å². The smallest absolute Gasteiger partial charge is 0.255 e. The monoisotopic (exact) mass is 422 g/mol. The van der Waals surface area contributed by atoms with Crippen molar-refractivity contribution in [2.45, 2.75) is 19.8 Å². The molecule has 0 bridgehead atoms. The van der Waals surface area contributed by atoms with E-state index in [0.717, 1.165) is 28.5 Å². The highest BCUT2D eigenvalue weighted by molar-refractivity contribution is 14.1. The predicted octanol–water partition coefficient (Wildman–Crippen LogP) is 3.57. The average Bonchev–Trinajstić information content (AvgIpc) is 2.57. The van der Waals surface area contributed by atoms with Crippen LogP contribution in [0.2, 0.25) is 0 Å². The molecule has 0 spiro atoms. The van der Waals surface area contributed by atoms with Crippen LogP contribution in [0.4, 0.5) is 11.6 Å². The molecule has 0 atom stereocenters. The third kappa shape index (κ3) is 4.19. The fourth-order valence-corrected chi connectivity index (χ4v) is 2.92. The van der Waals surface area contributed by atoms with Crippen LogP contribution in [0.3, 0.4) is 0 Å². The highest BCUT2D eigenvalue weighted by Crippen LogP contribution is 2.20. The van der Waals surface area contributed by atoms with Crippen molar-refractivity contribution in [1.82, 2.24) is 9.97 Å². The molecular weight excluding hydrogens is 403 g/mol. The van der Waals surface area contributed by atoms with E-state index in [1.54, 1.807) is 24.5 Å². The van der Waals surface area contributed by atoms with Crippen molar-refractivity contribution in [2.24, 2.45) is 5.92 Å². The van der Waals surface area contributed by atoms with Crippen LogP contribution in [-0.4, -0.2) is 29.0 Å². The third-order valence-electron chi connectivity index (χ3n) is 4.07. The van der Waals surface area contributed by atoms with Crippen LogP contribution in [0.25, 0.3) is 0 Å². The number of halogens is 1. The Labute approximate surface area is 149 Å². The van der Waals surface area contributed by atoms with E-state index in [1.165, 1.54) is 12.8 Å². The van der Waals surface area contributed by atoms with Gasteiger partial charge in [-0.2, -0.15) is 0 Å². The standard InChI is InChI=1S/C17H19IN4O/c1-12-6-8-22(9-7-12)17-19-10-15(11-20-17)21-16(23)13-2-4-14(18)5-3-13/h2-5,10-12H,6-9H2,1H3,(H,21,23). The highest BCUT2D eigenvalue weighted by Gasteiger charge is 2.17. The maximum atomic E-state index is 12.2. The summed E-state index contributed by atoms with van der Waals surface area (Å²) < 4.78 is 1.10. The van der Waals surface area contributed by atoms with Crippen molar-refractivity contribution in [2.75, 3.05) is 23.3 Å². The van der Waals surface area contributed by atoms with Gasteiger partial charge in [0.1, 0.15) is 0 Å². The number of amides is 1. The number of hydrogen-bond donors (Lipinski definition) is 1. The summed E-state index contributed by atoms with van der Waals surface area (Å²) in [6.45, 7) is 4.27. The van der Waals surface area contributed by atoms with E-state index in [2.05, 4.69) is 49.7 Å². The van der Waals surface area contributed by atoms with Crippen molar-refractivity contribution in [3.8, 4) is 0 Å². The van der Waals surface area contributed by atoms with Crippen LogP contribution in [0.5, 0.6) is 0 Å². The Bertz CT molecular complexity index is 664. The average molecular weight is 422 g/mol. The molecular formula is C17H19IN4O. The molecule has 1 aromatic carbocycles. The summed E-state index contributed by atoms with van der Waals surface area (Å²) in [6, 6.07) is 7.43. The summed E-state index contributed by atoms with van der Waals surface area (Å²) in [5.74, 6) is 1.37. The van der Waals surface area contributed by atoms with Gasteiger partial charge in [-0.05, 0) is 65.6 Å². The van der Waals surface area contributed by atoms with Gasteiger partial charge in [0.05, 0.1) is 18.1 Å². The van der Waals surface area contributed by atoms with E-state index >= 15 is 0 Å². The molecule has 120 valence electrons. The van der Waals surface area contributed by atoms with E-state index in [9.17, 15) is 4.79 Å². The maximum absolute atomic E-state index is 12.2.